The van der Waals surface area contributed by atoms with Gasteiger partial charge in [-0.15, -0.1) is 0 Å². The van der Waals surface area contributed by atoms with Crippen LogP contribution >= 0.6 is 0 Å². The Balaban J connectivity index is 2.00. The Morgan fingerprint density at radius 3 is 2.75 bits per heavy atom. The number of carbonyl (C=O) groups excluding carboxylic acids is 2. The Hall–Kier alpha value is -2.60. The molecule has 2 aliphatic rings. The first kappa shape index (κ1) is 16.3. The van der Waals surface area contributed by atoms with Crippen LogP contribution in [0.15, 0.2) is 52.9 Å². The lowest BCUT2D eigenvalue weighted by Gasteiger charge is -2.27. The van der Waals surface area contributed by atoms with Gasteiger partial charge in [0.25, 0.3) is 0 Å². The minimum atomic E-state index is -0.493. The molecular weight excluding hydrogens is 310 g/mol. The molecule has 6 nitrogen and oxygen atoms in total. The molecule has 0 bridgehead atoms. The maximum Gasteiger partial charge on any atom is 0.337 e. The van der Waals surface area contributed by atoms with Gasteiger partial charge in [-0.2, -0.15) is 0 Å². The molecule has 6 heteroatoms. The average molecular weight is 329 g/mol. The van der Waals surface area contributed by atoms with Crippen LogP contribution < -0.4 is 5.32 Å². The monoisotopic (exact) mass is 329 g/mol. The summed E-state index contributed by atoms with van der Waals surface area (Å²) in [6, 6.07) is 9.42. The average Bonchev–Trinajstić information content (AvgIpc) is 2.95. The van der Waals surface area contributed by atoms with Crippen LogP contribution in [0.25, 0.3) is 0 Å². The Morgan fingerprint density at radius 2 is 2.04 bits per heavy atom. The Labute approximate surface area is 140 Å². The van der Waals surface area contributed by atoms with Crippen molar-refractivity contribution >= 4 is 11.9 Å². The minimum absolute atomic E-state index is 0.157. The number of hydrogen-bond donors (Lipinski definition) is 1. The summed E-state index contributed by atoms with van der Waals surface area (Å²) in [6.45, 7) is 2.47. The normalized spacial score (nSPS) is 19.8. The van der Waals surface area contributed by atoms with Gasteiger partial charge < -0.3 is 19.5 Å². The van der Waals surface area contributed by atoms with Crippen molar-refractivity contribution in [3.63, 3.8) is 0 Å². The first-order valence-electron chi connectivity index (χ1n) is 7.72. The fourth-order valence-corrected chi connectivity index (χ4v) is 3.01. The van der Waals surface area contributed by atoms with Gasteiger partial charge >= 0.3 is 11.9 Å². The highest BCUT2D eigenvalue weighted by atomic mass is 16.6. The molecule has 0 fully saturated rings. The van der Waals surface area contributed by atoms with Crippen molar-refractivity contribution < 1.29 is 23.8 Å². The smallest absolute Gasteiger partial charge is 0.337 e. The fourth-order valence-electron chi connectivity index (χ4n) is 3.01. The number of benzene rings is 1. The largest absolute Gasteiger partial charge is 0.460 e. The number of esters is 2. The molecule has 1 atom stereocenters. The van der Waals surface area contributed by atoms with Crippen molar-refractivity contribution in [3.05, 3.63) is 58.4 Å². The SMILES string of the molecule is COCCOC(=O)C1=C(C)NC2=C(C(=O)OC2)C1c1ccccc1. The lowest BCUT2D eigenvalue weighted by Crippen LogP contribution is -2.30. The van der Waals surface area contributed by atoms with Crippen LogP contribution in [0.4, 0.5) is 0 Å². The second-order valence-electron chi connectivity index (χ2n) is 5.60. The molecular formula is C18H19NO5. The second-order valence-corrected chi connectivity index (χ2v) is 5.60. The standard InChI is InChI=1S/C18H19NO5/c1-11-14(17(20)23-9-8-22-2)15(12-6-4-3-5-7-12)16-13(19-11)10-24-18(16)21/h3-7,15,19H,8-10H2,1-2H3. The van der Waals surface area contributed by atoms with Crippen molar-refractivity contribution in [2.75, 3.05) is 26.9 Å². The van der Waals surface area contributed by atoms with E-state index in [0.717, 1.165) is 5.56 Å². The Bertz CT molecular complexity index is 720. The number of hydrogen-bond acceptors (Lipinski definition) is 6. The number of cyclic esters (lactones) is 1. The molecule has 0 spiro atoms. The fraction of sp³-hybridized carbons (Fsp3) is 0.333. The topological polar surface area (TPSA) is 73.9 Å². The van der Waals surface area contributed by atoms with E-state index in [1.165, 1.54) is 0 Å². The summed E-state index contributed by atoms with van der Waals surface area (Å²) in [5, 5.41) is 3.11. The van der Waals surface area contributed by atoms with Crippen molar-refractivity contribution in [1.82, 2.24) is 5.32 Å². The molecule has 0 saturated heterocycles. The summed E-state index contributed by atoms with van der Waals surface area (Å²) in [5.74, 6) is -1.36. The van der Waals surface area contributed by atoms with E-state index < -0.39 is 17.9 Å². The van der Waals surface area contributed by atoms with Crippen LogP contribution in [-0.2, 0) is 23.8 Å². The van der Waals surface area contributed by atoms with Crippen molar-refractivity contribution in [1.29, 1.82) is 0 Å². The van der Waals surface area contributed by atoms with Crippen LogP contribution in [0, 0.1) is 0 Å². The number of rotatable bonds is 5. The zero-order valence-corrected chi connectivity index (χ0v) is 13.6. The summed E-state index contributed by atoms with van der Waals surface area (Å²) in [4.78, 5) is 24.8. The Morgan fingerprint density at radius 1 is 1.29 bits per heavy atom. The van der Waals surface area contributed by atoms with Crippen LogP contribution in [0.2, 0.25) is 0 Å². The number of ether oxygens (including phenoxy) is 3. The quantitative estimate of drug-likeness (QED) is 0.654. The third-order valence-corrected chi connectivity index (χ3v) is 4.09. The maximum absolute atomic E-state index is 12.6. The lowest BCUT2D eigenvalue weighted by atomic mass is 9.81. The zero-order chi connectivity index (χ0) is 17.1. The highest BCUT2D eigenvalue weighted by Crippen LogP contribution is 2.41. The summed E-state index contributed by atoms with van der Waals surface area (Å²) in [5.41, 5.74) is 3.13. The van der Waals surface area contributed by atoms with Gasteiger partial charge in [0.15, 0.2) is 0 Å². The highest BCUT2D eigenvalue weighted by molar-refractivity contribution is 6.01. The van der Waals surface area contributed by atoms with Crippen molar-refractivity contribution in [2.24, 2.45) is 0 Å². The molecule has 2 heterocycles. The van der Waals surface area contributed by atoms with Gasteiger partial charge in [0.2, 0.25) is 0 Å². The zero-order valence-electron chi connectivity index (χ0n) is 13.6. The van der Waals surface area contributed by atoms with E-state index in [2.05, 4.69) is 5.32 Å². The first-order valence-corrected chi connectivity index (χ1v) is 7.72. The molecule has 1 aromatic carbocycles. The third-order valence-electron chi connectivity index (χ3n) is 4.09. The van der Waals surface area contributed by atoms with E-state index in [1.807, 2.05) is 30.3 Å². The minimum Gasteiger partial charge on any atom is -0.460 e. The van der Waals surface area contributed by atoms with Crippen LogP contribution in [0.1, 0.15) is 18.4 Å². The van der Waals surface area contributed by atoms with Crippen molar-refractivity contribution in [2.45, 2.75) is 12.8 Å². The molecule has 2 aliphatic heterocycles. The Kier molecular flexibility index (Phi) is 4.66. The van der Waals surface area contributed by atoms with Gasteiger partial charge in [-0.3, -0.25) is 0 Å². The molecule has 24 heavy (non-hydrogen) atoms. The van der Waals surface area contributed by atoms with Gasteiger partial charge in [-0.25, -0.2) is 9.59 Å². The summed E-state index contributed by atoms with van der Waals surface area (Å²) >= 11 is 0. The second kappa shape index (κ2) is 6.88. The summed E-state index contributed by atoms with van der Waals surface area (Å²) < 4.78 is 15.4. The maximum atomic E-state index is 12.6. The van der Waals surface area contributed by atoms with Gasteiger partial charge in [-0.1, -0.05) is 30.3 Å². The van der Waals surface area contributed by atoms with Crippen LogP contribution in [0.3, 0.4) is 0 Å². The van der Waals surface area contributed by atoms with E-state index in [9.17, 15) is 9.59 Å². The van der Waals surface area contributed by atoms with Gasteiger partial charge in [-0.05, 0) is 12.5 Å². The van der Waals surface area contributed by atoms with Crippen molar-refractivity contribution in [3.8, 4) is 0 Å². The number of nitrogens with one attached hydrogen (secondary N) is 1. The third kappa shape index (κ3) is 2.92. The molecule has 3 rings (SSSR count). The molecule has 0 radical (unpaired) electrons. The molecule has 1 unspecified atom stereocenters. The molecule has 0 amide bonds. The number of methoxy groups -OCH3 is 1. The predicted molar refractivity (Wildman–Crippen MR) is 85.8 cm³/mol. The van der Waals surface area contributed by atoms with Gasteiger partial charge in [0.05, 0.1) is 29.4 Å². The lowest BCUT2D eigenvalue weighted by molar-refractivity contribution is -0.140. The predicted octanol–water partition coefficient (Wildman–Crippen LogP) is 1.65. The highest BCUT2D eigenvalue weighted by Gasteiger charge is 2.41. The van der Waals surface area contributed by atoms with Gasteiger partial charge in [0.1, 0.15) is 13.2 Å². The van der Waals surface area contributed by atoms with Crippen LogP contribution in [0.5, 0.6) is 0 Å². The number of dihydropyridines is 1. The summed E-state index contributed by atoms with van der Waals surface area (Å²) in [6.07, 6.45) is 0. The van der Waals surface area contributed by atoms with E-state index >= 15 is 0 Å². The first-order chi connectivity index (χ1) is 11.6. The van der Waals surface area contributed by atoms with E-state index in [1.54, 1.807) is 14.0 Å². The number of allylic oxidation sites excluding steroid dienone is 1. The van der Waals surface area contributed by atoms with E-state index in [4.69, 9.17) is 14.2 Å². The molecule has 0 saturated carbocycles. The van der Waals surface area contributed by atoms with E-state index in [0.29, 0.717) is 29.1 Å². The molecule has 126 valence electrons. The van der Waals surface area contributed by atoms with E-state index in [-0.39, 0.29) is 13.2 Å². The molecule has 0 aliphatic carbocycles. The summed E-state index contributed by atoms with van der Waals surface area (Å²) in [7, 11) is 1.54. The molecule has 0 aromatic heterocycles. The van der Waals surface area contributed by atoms with Gasteiger partial charge in [0, 0.05) is 12.8 Å². The van der Waals surface area contributed by atoms with Crippen LogP contribution in [-0.4, -0.2) is 38.9 Å². The molecule has 1 N–H and O–H groups in total. The molecule has 1 aromatic rings. The number of carbonyl (C=O) groups is 2.